The number of phenols is 1. The molecule has 0 radical (unpaired) electrons. The summed E-state index contributed by atoms with van der Waals surface area (Å²) in [4.78, 5) is 19.2. The summed E-state index contributed by atoms with van der Waals surface area (Å²) in [7, 11) is 1.71. The minimum Gasteiger partial charge on any atom is -0.504 e. The molecule has 1 fully saturated rings. The summed E-state index contributed by atoms with van der Waals surface area (Å²) in [5, 5.41) is 10.4. The lowest BCUT2D eigenvalue weighted by Gasteiger charge is -2.07. The molecule has 0 atom stereocenters. The highest BCUT2D eigenvalue weighted by atomic mass is 32.2. The lowest BCUT2D eigenvalue weighted by Crippen LogP contribution is -2.23. The van der Waals surface area contributed by atoms with Crippen molar-refractivity contribution in [3.8, 4) is 11.5 Å². The molecule has 1 amide bonds. The van der Waals surface area contributed by atoms with Gasteiger partial charge < -0.3 is 9.84 Å². The second kappa shape index (κ2) is 7.66. The van der Waals surface area contributed by atoms with Crippen molar-refractivity contribution >= 4 is 34.6 Å². The number of ether oxygens (including phenoxy) is 1. The van der Waals surface area contributed by atoms with E-state index < -0.39 is 0 Å². The lowest BCUT2D eigenvalue weighted by atomic mass is 10.2. The Morgan fingerprint density at radius 1 is 1.23 bits per heavy atom. The Bertz CT molecular complexity index is 888. The van der Waals surface area contributed by atoms with Gasteiger partial charge in [0.1, 0.15) is 0 Å². The van der Waals surface area contributed by atoms with Gasteiger partial charge in [-0.3, -0.25) is 9.69 Å². The van der Waals surface area contributed by atoms with Crippen molar-refractivity contribution in [3.05, 3.63) is 58.5 Å². The number of benzene rings is 2. The summed E-state index contributed by atoms with van der Waals surface area (Å²) in [6.45, 7) is 4.33. The van der Waals surface area contributed by atoms with Crippen LogP contribution in [0.3, 0.4) is 0 Å². The zero-order chi connectivity index (χ0) is 18.7. The topological polar surface area (TPSA) is 62.1 Å². The van der Waals surface area contributed by atoms with E-state index in [9.17, 15) is 9.90 Å². The van der Waals surface area contributed by atoms with Crippen LogP contribution in [0.5, 0.6) is 11.5 Å². The fourth-order valence-electron chi connectivity index (χ4n) is 2.42. The number of carbonyl (C=O) groups is 1. The molecule has 1 aliphatic heterocycles. The maximum absolute atomic E-state index is 12.5. The van der Waals surface area contributed by atoms with Crippen LogP contribution in [-0.2, 0) is 4.79 Å². The Labute approximate surface area is 157 Å². The van der Waals surface area contributed by atoms with Crippen molar-refractivity contribution in [2.45, 2.75) is 13.8 Å². The molecule has 0 bridgehead atoms. The fourth-order valence-corrected chi connectivity index (χ4v) is 3.41. The Kier molecular flexibility index (Phi) is 5.32. The molecule has 3 rings (SSSR count). The zero-order valence-corrected chi connectivity index (χ0v) is 15.7. The normalized spacial score (nSPS) is 17.3. The van der Waals surface area contributed by atoms with Crippen molar-refractivity contribution in [1.82, 2.24) is 4.90 Å². The van der Waals surface area contributed by atoms with Gasteiger partial charge in [0.25, 0.3) is 5.91 Å². The van der Waals surface area contributed by atoms with Crippen LogP contribution in [0.1, 0.15) is 18.1 Å². The van der Waals surface area contributed by atoms with Crippen molar-refractivity contribution < 1.29 is 14.6 Å². The quantitative estimate of drug-likeness (QED) is 0.816. The first-order valence-electron chi connectivity index (χ1n) is 8.26. The van der Waals surface area contributed by atoms with Gasteiger partial charge in [-0.1, -0.05) is 23.8 Å². The molecule has 26 heavy (non-hydrogen) atoms. The van der Waals surface area contributed by atoms with Gasteiger partial charge in [0.15, 0.2) is 16.7 Å². The number of amides is 1. The van der Waals surface area contributed by atoms with Gasteiger partial charge in [0, 0.05) is 7.05 Å². The molecular weight excluding hydrogens is 348 g/mol. The second-order valence-electron chi connectivity index (χ2n) is 5.86. The number of hydrogen-bond donors (Lipinski definition) is 1. The number of aromatic hydroxyl groups is 1. The summed E-state index contributed by atoms with van der Waals surface area (Å²) in [5.41, 5.74) is 2.75. The number of rotatable bonds is 4. The Balaban J connectivity index is 1.87. The van der Waals surface area contributed by atoms with Gasteiger partial charge in [-0.15, -0.1) is 0 Å². The number of aryl methyl sites for hydroxylation is 1. The zero-order valence-electron chi connectivity index (χ0n) is 14.9. The summed E-state index contributed by atoms with van der Waals surface area (Å²) >= 11 is 1.33. The first kappa shape index (κ1) is 18.1. The summed E-state index contributed by atoms with van der Waals surface area (Å²) in [6, 6.07) is 12.9. The van der Waals surface area contributed by atoms with Gasteiger partial charge in [0.05, 0.1) is 17.2 Å². The van der Waals surface area contributed by atoms with E-state index in [1.165, 1.54) is 11.8 Å². The van der Waals surface area contributed by atoms with E-state index >= 15 is 0 Å². The first-order valence-corrected chi connectivity index (χ1v) is 9.08. The number of nitrogens with zero attached hydrogens (tertiary/aromatic N) is 2. The monoisotopic (exact) mass is 368 g/mol. The number of phenolic OH excluding ortho intramolecular Hbond substituents is 1. The van der Waals surface area contributed by atoms with E-state index in [4.69, 9.17) is 4.74 Å². The SMILES string of the molecule is CCOc1cc(/C=C2/SC(=Nc3ccc(C)cc3)N(C)C2=O)ccc1O. The van der Waals surface area contributed by atoms with E-state index in [0.717, 1.165) is 16.8 Å². The molecule has 1 heterocycles. The average molecular weight is 368 g/mol. The van der Waals surface area contributed by atoms with E-state index in [-0.39, 0.29) is 11.7 Å². The van der Waals surface area contributed by atoms with Crippen LogP contribution in [0.25, 0.3) is 6.08 Å². The number of thioether (sulfide) groups is 1. The number of likely N-dealkylation sites (N-methyl/N-ethyl adjacent to an activating group) is 1. The molecule has 0 spiro atoms. The predicted molar refractivity (Wildman–Crippen MR) is 106 cm³/mol. The molecule has 0 unspecified atom stereocenters. The van der Waals surface area contributed by atoms with Crippen molar-refractivity contribution in [3.63, 3.8) is 0 Å². The van der Waals surface area contributed by atoms with Crippen molar-refractivity contribution in [2.75, 3.05) is 13.7 Å². The molecule has 0 aliphatic carbocycles. The first-order chi connectivity index (χ1) is 12.5. The van der Waals surface area contributed by atoms with Crippen LogP contribution < -0.4 is 4.74 Å². The highest BCUT2D eigenvalue weighted by molar-refractivity contribution is 8.18. The van der Waals surface area contributed by atoms with Crippen molar-refractivity contribution in [1.29, 1.82) is 0 Å². The second-order valence-corrected chi connectivity index (χ2v) is 6.87. The Morgan fingerprint density at radius 2 is 1.96 bits per heavy atom. The Morgan fingerprint density at radius 3 is 2.65 bits per heavy atom. The lowest BCUT2D eigenvalue weighted by molar-refractivity contribution is -0.121. The van der Waals surface area contributed by atoms with Crippen LogP contribution in [-0.4, -0.2) is 34.7 Å². The molecule has 0 aromatic heterocycles. The van der Waals surface area contributed by atoms with Crippen LogP contribution in [0, 0.1) is 6.92 Å². The smallest absolute Gasteiger partial charge is 0.266 e. The summed E-state index contributed by atoms with van der Waals surface area (Å²) in [5.74, 6) is 0.379. The molecule has 2 aromatic carbocycles. The maximum Gasteiger partial charge on any atom is 0.266 e. The Hall–Kier alpha value is -2.73. The largest absolute Gasteiger partial charge is 0.504 e. The molecule has 1 N–H and O–H groups in total. The van der Waals surface area contributed by atoms with Gasteiger partial charge in [-0.2, -0.15) is 0 Å². The third-order valence-electron chi connectivity index (χ3n) is 3.84. The molecule has 1 saturated heterocycles. The van der Waals surface area contributed by atoms with E-state index in [1.807, 2.05) is 38.1 Å². The molecule has 2 aromatic rings. The minimum atomic E-state index is -0.105. The molecule has 5 nitrogen and oxygen atoms in total. The van der Waals surface area contributed by atoms with Crippen LogP contribution in [0.2, 0.25) is 0 Å². The predicted octanol–water partition coefficient (Wildman–Crippen LogP) is 4.33. The molecule has 0 saturated carbocycles. The van der Waals surface area contributed by atoms with Crippen molar-refractivity contribution in [2.24, 2.45) is 4.99 Å². The van der Waals surface area contributed by atoms with Gasteiger partial charge in [0.2, 0.25) is 0 Å². The van der Waals surface area contributed by atoms with E-state index in [0.29, 0.717) is 22.4 Å². The molecule has 1 aliphatic rings. The van der Waals surface area contributed by atoms with E-state index in [1.54, 1.807) is 36.2 Å². The highest BCUT2D eigenvalue weighted by Crippen LogP contribution is 2.34. The van der Waals surface area contributed by atoms with Crippen LogP contribution in [0.15, 0.2) is 52.4 Å². The fraction of sp³-hybridized carbons (Fsp3) is 0.200. The van der Waals surface area contributed by atoms with Crippen LogP contribution in [0.4, 0.5) is 5.69 Å². The number of amidine groups is 1. The third-order valence-corrected chi connectivity index (χ3v) is 4.90. The van der Waals surface area contributed by atoms with Gasteiger partial charge >= 0.3 is 0 Å². The summed E-state index contributed by atoms with van der Waals surface area (Å²) in [6.07, 6.45) is 1.78. The van der Waals surface area contributed by atoms with Crippen LogP contribution >= 0.6 is 11.8 Å². The van der Waals surface area contributed by atoms with Gasteiger partial charge in [-0.05, 0) is 61.5 Å². The third kappa shape index (κ3) is 3.91. The summed E-state index contributed by atoms with van der Waals surface area (Å²) < 4.78 is 5.39. The number of carbonyl (C=O) groups excluding carboxylic acids is 1. The molecule has 134 valence electrons. The maximum atomic E-state index is 12.5. The number of hydrogen-bond acceptors (Lipinski definition) is 5. The minimum absolute atomic E-state index is 0.0816. The molecule has 6 heteroatoms. The highest BCUT2D eigenvalue weighted by Gasteiger charge is 2.30. The van der Waals surface area contributed by atoms with E-state index in [2.05, 4.69) is 4.99 Å². The molecular formula is C20H20N2O3S. The standard InChI is InChI=1S/C20H20N2O3S/c1-4-25-17-11-14(7-10-16(17)23)12-18-19(24)22(3)20(26-18)21-15-8-5-13(2)6-9-15/h5-12,23H,4H2,1-3H3/b18-12+,21-20?. The number of aliphatic imine (C=N–C) groups is 1. The average Bonchev–Trinajstić information content (AvgIpc) is 2.88. The van der Waals surface area contributed by atoms with Gasteiger partial charge in [-0.25, -0.2) is 4.99 Å².